The zero-order valence-electron chi connectivity index (χ0n) is 11.2. The van der Waals surface area contributed by atoms with E-state index in [-0.39, 0.29) is 6.42 Å². The summed E-state index contributed by atoms with van der Waals surface area (Å²) in [5.74, 6) is -2.11. The Kier molecular flexibility index (Phi) is 3.54. The third kappa shape index (κ3) is 2.46. The second-order valence-corrected chi connectivity index (χ2v) is 6.78. The molecule has 0 spiro atoms. The van der Waals surface area contributed by atoms with E-state index in [0.717, 1.165) is 29.5 Å². The van der Waals surface area contributed by atoms with Crippen molar-refractivity contribution in [1.29, 1.82) is 0 Å². The van der Waals surface area contributed by atoms with Gasteiger partial charge in [0.2, 0.25) is 0 Å². The molecular formula is C15H19NO3S. The van der Waals surface area contributed by atoms with Crippen LogP contribution in [0.3, 0.4) is 0 Å². The molecule has 0 amide bonds. The molecule has 1 aliphatic carbocycles. The predicted octanol–water partition coefficient (Wildman–Crippen LogP) is 2.21. The highest BCUT2D eigenvalue weighted by atomic mass is 32.1. The van der Waals surface area contributed by atoms with Crippen molar-refractivity contribution in [3.05, 3.63) is 29.3 Å². The monoisotopic (exact) mass is 293 g/mol. The van der Waals surface area contributed by atoms with Crippen molar-refractivity contribution in [1.82, 2.24) is 4.98 Å². The molecule has 3 N–H and O–H groups in total. The Morgan fingerprint density at radius 2 is 1.85 bits per heavy atom. The molecule has 0 radical (unpaired) electrons. The van der Waals surface area contributed by atoms with Crippen molar-refractivity contribution in [3.63, 3.8) is 0 Å². The summed E-state index contributed by atoms with van der Waals surface area (Å²) in [5, 5.41) is 31.9. The zero-order chi connectivity index (χ0) is 14.2. The SMILES string of the molecule is OC(O)(Cc1nc2ccccc2s1)C1(O)CCCCC1. The molecular weight excluding hydrogens is 274 g/mol. The number of benzene rings is 1. The van der Waals surface area contributed by atoms with Gasteiger partial charge in [-0.3, -0.25) is 0 Å². The third-order valence-corrected chi connectivity index (χ3v) is 5.20. The molecule has 0 saturated heterocycles. The van der Waals surface area contributed by atoms with E-state index in [4.69, 9.17) is 0 Å². The lowest BCUT2D eigenvalue weighted by Crippen LogP contribution is -2.56. The molecule has 1 heterocycles. The number of hydrogen-bond donors (Lipinski definition) is 3. The quantitative estimate of drug-likeness (QED) is 0.759. The van der Waals surface area contributed by atoms with E-state index in [1.807, 2.05) is 24.3 Å². The highest BCUT2D eigenvalue weighted by Crippen LogP contribution is 2.38. The number of aromatic nitrogens is 1. The maximum Gasteiger partial charge on any atom is 0.198 e. The number of thiazole rings is 1. The Morgan fingerprint density at radius 3 is 2.55 bits per heavy atom. The van der Waals surface area contributed by atoms with Crippen molar-refractivity contribution < 1.29 is 15.3 Å². The second-order valence-electron chi connectivity index (χ2n) is 5.66. The van der Waals surface area contributed by atoms with Gasteiger partial charge in [0.1, 0.15) is 5.60 Å². The van der Waals surface area contributed by atoms with Crippen molar-refractivity contribution >= 4 is 21.6 Å². The van der Waals surface area contributed by atoms with Crippen molar-refractivity contribution in [2.75, 3.05) is 0 Å². The summed E-state index contributed by atoms with van der Waals surface area (Å²) in [6, 6.07) is 7.71. The summed E-state index contributed by atoms with van der Waals surface area (Å²) in [6.45, 7) is 0. The maximum absolute atomic E-state index is 10.5. The first-order valence-corrected chi connectivity index (χ1v) is 7.83. The van der Waals surface area contributed by atoms with Crippen LogP contribution in [-0.4, -0.2) is 31.7 Å². The van der Waals surface area contributed by atoms with Crippen molar-refractivity contribution in [2.45, 2.75) is 49.9 Å². The molecule has 1 aromatic heterocycles. The summed E-state index contributed by atoms with van der Waals surface area (Å²) in [5.41, 5.74) is -0.553. The average Bonchev–Trinajstić information content (AvgIpc) is 2.80. The molecule has 5 heteroatoms. The molecule has 1 aliphatic rings. The highest BCUT2D eigenvalue weighted by molar-refractivity contribution is 7.18. The number of hydrogen-bond acceptors (Lipinski definition) is 5. The first-order valence-electron chi connectivity index (χ1n) is 7.02. The predicted molar refractivity (Wildman–Crippen MR) is 78.5 cm³/mol. The van der Waals surface area contributed by atoms with Crippen molar-refractivity contribution in [3.8, 4) is 0 Å². The molecule has 1 saturated carbocycles. The molecule has 0 unspecified atom stereocenters. The molecule has 4 nitrogen and oxygen atoms in total. The van der Waals surface area contributed by atoms with E-state index in [2.05, 4.69) is 4.98 Å². The van der Waals surface area contributed by atoms with Gasteiger partial charge in [0, 0.05) is 0 Å². The summed E-state index contributed by atoms with van der Waals surface area (Å²) in [4.78, 5) is 4.41. The molecule has 0 bridgehead atoms. The van der Waals surface area contributed by atoms with Crippen LogP contribution in [0.15, 0.2) is 24.3 Å². The van der Waals surface area contributed by atoms with E-state index in [9.17, 15) is 15.3 Å². The highest BCUT2D eigenvalue weighted by Gasteiger charge is 2.48. The minimum absolute atomic E-state index is 0.0250. The van der Waals surface area contributed by atoms with Crippen LogP contribution in [0.5, 0.6) is 0 Å². The number of nitrogens with zero attached hydrogens (tertiary/aromatic N) is 1. The molecule has 0 aliphatic heterocycles. The Hall–Kier alpha value is -1.01. The zero-order valence-corrected chi connectivity index (χ0v) is 12.1. The van der Waals surface area contributed by atoms with E-state index in [0.29, 0.717) is 17.8 Å². The lowest BCUT2D eigenvalue weighted by Gasteiger charge is -2.41. The first-order chi connectivity index (χ1) is 9.50. The Balaban J connectivity index is 1.84. The summed E-state index contributed by atoms with van der Waals surface area (Å²) >= 11 is 1.44. The van der Waals surface area contributed by atoms with Crippen LogP contribution < -0.4 is 0 Å². The molecule has 1 aromatic carbocycles. The largest absolute Gasteiger partial charge is 0.384 e. The smallest absolute Gasteiger partial charge is 0.198 e. The van der Waals surface area contributed by atoms with Crippen LogP contribution >= 0.6 is 11.3 Å². The Labute approximate surface area is 121 Å². The number of fused-ring (bicyclic) bond motifs is 1. The second kappa shape index (κ2) is 5.07. The van der Waals surface area contributed by atoms with Gasteiger partial charge in [-0.15, -0.1) is 11.3 Å². The number of aliphatic hydroxyl groups is 3. The van der Waals surface area contributed by atoms with Gasteiger partial charge in [-0.1, -0.05) is 31.4 Å². The van der Waals surface area contributed by atoms with Crippen LogP contribution in [0.25, 0.3) is 10.2 Å². The third-order valence-electron chi connectivity index (χ3n) is 4.16. The van der Waals surface area contributed by atoms with Gasteiger partial charge in [-0.05, 0) is 25.0 Å². The van der Waals surface area contributed by atoms with Crippen LogP contribution in [0.4, 0.5) is 0 Å². The van der Waals surface area contributed by atoms with Gasteiger partial charge in [-0.25, -0.2) is 4.98 Å². The fourth-order valence-electron chi connectivity index (χ4n) is 2.91. The molecule has 1 fully saturated rings. The minimum Gasteiger partial charge on any atom is -0.384 e. The lowest BCUT2D eigenvalue weighted by molar-refractivity contribution is -0.282. The van der Waals surface area contributed by atoms with Crippen molar-refractivity contribution in [2.24, 2.45) is 0 Å². The molecule has 20 heavy (non-hydrogen) atoms. The van der Waals surface area contributed by atoms with E-state index in [1.165, 1.54) is 11.3 Å². The summed E-state index contributed by atoms with van der Waals surface area (Å²) < 4.78 is 1.02. The lowest BCUT2D eigenvalue weighted by atomic mass is 9.77. The summed E-state index contributed by atoms with van der Waals surface area (Å²) in [7, 11) is 0. The van der Waals surface area contributed by atoms with Gasteiger partial charge in [0.15, 0.2) is 5.79 Å². The topological polar surface area (TPSA) is 73.6 Å². The van der Waals surface area contributed by atoms with Gasteiger partial charge in [0.05, 0.1) is 21.6 Å². The van der Waals surface area contributed by atoms with Gasteiger partial charge in [-0.2, -0.15) is 0 Å². The maximum atomic E-state index is 10.5. The van der Waals surface area contributed by atoms with Gasteiger partial charge < -0.3 is 15.3 Å². The fraction of sp³-hybridized carbons (Fsp3) is 0.533. The molecule has 3 rings (SSSR count). The Bertz CT molecular complexity index is 569. The normalized spacial score (nSPS) is 19.4. The standard InChI is InChI=1S/C15H19NO3S/c17-14(8-4-1-5-9-14)15(18,19)10-13-16-11-6-2-3-7-12(11)20-13/h2-3,6-7,17-19H,1,4-5,8-10H2. The minimum atomic E-state index is -2.11. The van der Waals surface area contributed by atoms with E-state index < -0.39 is 11.4 Å². The van der Waals surface area contributed by atoms with Gasteiger partial charge in [0.25, 0.3) is 0 Å². The first kappa shape index (κ1) is 13.9. The fourth-order valence-corrected chi connectivity index (χ4v) is 3.94. The number of rotatable bonds is 3. The van der Waals surface area contributed by atoms with E-state index in [1.54, 1.807) is 0 Å². The van der Waals surface area contributed by atoms with Crippen LogP contribution in [0.1, 0.15) is 37.1 Å². The van der Waals surface area contributed by atoms with Crippen LogP contribution in [0.2, 0.25) is 0 Å². The molecule has 2 aromatic rings. The number of para-hydroxylation sites is 1. The van der Waals surface area contributed by atoms with Gasteiger partial charge >= 0.3 is 0 Å². The van der Waals surface area contributed by atoms with Crippen LogP contribution in [-0.2, 0) is 6.42 Å². The average molecular weight is 293 g/mol. The van der Waals surface area contributed by atoms with Crippen LogP contribution in [0, 0.1) is 0 Å². The van der Waals surface area contributed by atoms with E-state index >= 15 is 0 Å². The molecule has 108 valence electrons. The molecule has 0 atom stereocenters. The Morgan fingerprint density at radius 1 is 1.15 bits per heavy atom. The summed E-state index contributed by atoms with van der Waals surface area (Å²) in [6.07, 6.45) is 3.55.